The smallest absolute Gasteiger partial charge is 0.410 e. The number of carbonyl (C=O) groups is 1. The molecule has 3 rings (SSSR count). The van der Waals surface area contributed by atoms with Gasteiger partial charge in [-0.15, -0.1) is 0 Å². The first-order chi connectivity index (χ1) is 11.3. The monoisotopic (exact) mass is 329 g/mol. The van der Waals surface area contributed by atoms with Gasteiger partial charge in [0.2, 0.25) is 0 Å². The number of benzene rings is 1. The maximum Gasteiger partial charge on any atom is 0.410 e. The molecule has 0 aliphatic carbocycles. The molecular weight excluding hydrogens is 306 g/mol. The van der Waals surface area contributed by atoms with E-state index in [4.69, 9.17) is 4.74 Å². The van der Waals surface area contributed by atoms with Crippen LogP contribution in [-0.4, -0.2) is 51.9 Å². The number of β-amino-alcohol motifs (C(OH)–C–C–N with tert-alkyl or cyclic N) is 1. The lowest BCUT2D eigenvalue weighted by atomic mass is 10.1. The van der Waals surface area contributed by atoms with Gasteiger partial charge in [-0.05, 0) is 45.0 Å². The van der Waals surface area contributed by atoms with Gasteiger partial charge in [-0.2, -0.15) is 0 Å². The topological polar surface area (TPSA) is 74.7 Å². The Hall–Kier alpha value is -2.34. The molecule has 1 aliphatic rings. The summed E-state index contributed by atoms with van der Waals surface area (Å²) in [5, 5.41) is 14.6. The molecule has 2 heterocycles. The summed E-state index contributed by atoms with van der Waals surface area (Å²) in [4.78, 5) is 18.0. The highest BCUT2D eigenvalue weighted by Crippen LogP contribution is 2.22. The Bertz CT molecular complexity index is 742. The number of ether oxygens (including phenoxy) is 1. The van der Waals surface area contributed by atoms with Gasteiger partial charge in [-0.1, -0.05) is 6.07 Å². The summed E-state index contributed by atoms with van der Waals surface area (Å²) in [6.45, 7) is 6.16. The molecule has 2 atom stereocenters. The highest BCUT2D eigenvalue weighted by Gasteiger charge is 2.36. The molecule has 1 saturated heterocycles. The summed E-state index contributed by atoms with van der Waals surface area (Å²) in [5.74, 6) is 0. The van der Waals surface area contributed by atoms with Crippen LogP contribution in [0, 0.1) is 0 Å². The summed E-state index contributed by atoms with van der Waals surface area (Å²) < 4.78 is 5.37. The number of pyridine rings is 1. The second kappa shape index (κ2) is 6.28. The van der Waals surface area contributed by atoms with Crippen LogP contribution in [0.25, 0.3) is 10.9 Å². The SMILES string of the molecule is CC(C)(C)OC(=O)N1CC(O)C(Nc2ccc3ncccc3c2)C1. The Morgan fingerprint density at radius 2 is 2.12 bits per heavy atom. The van der Waals surface area contributed by atoms with E-state index in [0.717, 1.165) is 16.6 Å². The number of aliphatic hydroxyl groups is 1. The Balaban J connectivity index is 1.67. The molecule has 1 aromatic heterocycles. The molecule has 0 bridgehead atoms. The highest BCUT2D eigenvalue weighted by molar-refractivity contribution is 5.82. The molecule has 24 heavy (non-hydrogen) atoms. The first-order valence-electron chi connectivity index (χ1n) is 8.09. The second-order valence-corrected chi connectivity index (χ2v) is 7.11. The first-order valence-corrected chi connectivity index (χ1v) is 8.09. The molecule has 0 spiro atoms. The third-order valence-corrected chi connectivity index (χ3v) is 3.90. The molecule has 2 unspecified atom stereocenters. The zero-order valence-electron chi connectivity index (χ0n) is 14.2. The number of nitrogens with zero attached hydrogens (tertiary/aromatic N) is 2. The molecule has 0 saturated carbocycles. The van der Waals surface area contributed by atoms with E-state index in [1.807, 2.05) is 51.1 Å². The van der Waals surface area contributed by atoms with Crippen molar-refractivity contribution in [1.29, 1.82) is 0 Å². The lowest BCUT2D eigenvalue weighted by Gasteiger charge is -2.24. The number of amides is 1. The lowest BCUT2D eigenvalue weighted by molar-refractivity contribution is 0.0270. The van der Waals surface area contributed by atoms with Crippen LogP contribution in [0.1, 0.15) is 20.8 Å². The summed E-state index contributed by atoms with van der Waals surface area (Å²) in [7, 11) is 0. The third kappa shape index (κ3) is 3.76. The molecule has 2 aromatic rings. The molecular formula is C18H23N3O3. The van der Waals surface area contributed by atoms with E-state index in [9.17, 15) is 9.90 Å². The number of fused-ring (bicyclic) bond motifs is 1. The molecule has 128 valence electrons. The van der Waals surface area contributed by atoms with Crippen molar-refractivity contribution in [2.45, 2.75) is 38.5 Å². The van der Waals surface area contributed by atoms with Gasteiger partial charge >= 0.3 is 6.09 Å². The number of likely N-dealkylation sites (tertiary alicyclic amines) is 1. The number of aliphatic hydroxyl groups excluding tert-OH is 1. The first kappa shape index (κ1) is 16.5. The Morgan fingerprint density at radius 1 is 1.33 bits per heavy atom. The van der Waals surface area contributed by atoms with Gasteiger partial charge in [0.15, 0.2) is 0 Å². The maximum atomic E-state index is 12.1. The molecule has 1 amide bonds. The average molecular weight is 329 g/mol. The zero-order valence-corrected chi connectivity index (χ0v) is 14.2. The second-order valence-electron chi connectivity index (χ2n) is 7.11. The van der Waals surface area contributed by atoms with Gasteiger partial charge in [0.25, 0.3) is 0 Å². The van der Waals surface area contributed by atoms with E-state index in [1.165, 1.54) is 4.90 Å². The minimum absolute atomic E-state index is 0.230. The van der Waals surface area contributed by atoms with Crippen LogP contribution in [-0.2, 0) is 4.74 Å². The predicted molar refractivity (Wildman–Crippen MR) is 93.0 cm³/mol. The Kier molecular flexibility index (Phi) is 4.32. The predicted octanol–water partition coefficient (Wildman–Crippen LogP) is 2.63. The van der Waals surface area contributed by atoms with Crippen LogP contribution in [0.5, 0.6) is 0 Å². The summed E-state index contributed by atoms with van der Waals surface area (Å²) in [6, 6.07) is 9.51. The average Bonchev–Trinajstić information content (AvgIpc) is 2.87. The fraction of sp³-hybridized carbons (Fsp3) is 0.444. The van der Waals surface area contributed by atoms with E-state index in [-0.39, 0.29) is 12.6 Å². The minimum Gasteiger partial charge on any atom is -0.444 e. The lowest BCUT2D eigenvalue weighted by Crippen LogP contribution is -2.36. The van der Waals surface area contributed by atoms with E-state index >= 15 is 0 Å². The van der Waals surface area contributed by atoms with Crippen molar-refractivity contribution in [3.63, 3.8) is 0 Å². The van der Waals surface area contributed by atoms with E-state index < -0.39 is 17.8 Å². The maximum absolute atomic E-state index is 12.1. The van der Waals surface area contributed by atoms with Crippen LogP contribution >= 0.6 is 0 Å². The number of aromatic nitrogens is 1. The zero-order chi connectivity index (χ0) is 17.3. The van der Waals surface area contributed by atoms with Gasteiger partial charge in [-0.3, -0.25) is 4.98 Å². The molecule has 1 aliphatic heterocycles. The van der Waals surface area contributed by atoms with Crippen LogP contribution in [0.3, 0.4) is 0 Å². The van der Waals surface area contributed by atoms with E-state index in [2.05, 4.69) is 10.3 Å². The minimum atomic E-state index is -0.637. The van der Waals surface area contributed by atoms with Gasteiger partial charge in [0.1, 0.15) is 5.60 Å². The quantitative estimate of drug-likeness (QED) is 0.886. The van der Waals surface area contributed by atoms with Gasteiger partial charge in [0, 0.05) is 23.8 Å². The normalized spacial score (nSPS) is 21.1. The fourth-order valence-corrected chi connectivity index (χ4v) is 2.78. The number of hydrogen-bond donors (Lipinski definition) is 2. The van der Waals surface area contributed by atoms with Crippen molar-refractivity contribution >= 4 is 22.7 Å². The van der Waals surface area contributed by atoms with Crippen LogP contribution in [0.15, 0.2) is 36.5 Å². The van der Waals surface area contributed by atoms with E-state index in [1.54, 1.807) is 6.20 Å². The molecule has 1 aromatic carbocycles. The van der Waals surface area contributed by atoms with Gasteiger partial charge in [0.05, 0.1) is 24.2 Å². The summed E-state index contributed by atoms with van der Waals surface area (Å²) in [5.41, 5.74) is 1.27. The van der Waals surface area contributed by atoms with Crippen molar-refractivity contribution in [2.75, 3.05) is 18.4 Å². The number of anilines is 1. The third-order valence-electron chi connectivity index (χ3n) is 3.90. The molecule has 6 nitrogen and oxygen atoms in total. The number of rotatable bonds is 2. The van der Waals surface area contributed by atoms with Crippen molar-refractivity contribution < 1.29 is 14.6 Å². The Morgan fingerprint density at radius 3 is 2.88 bits per heavy atom. The van der Waals surface area contributed by atoms with Crippen molar-refractivity contribution in [2.24, 2.45) is 0 Å². The Labute approximate surface area is 141 Å². The molecule has 6 heteroatoms. The number of nitrogens with one attached hydrogen (secondary N) is 1. The van der Waals surface area contributed by atoms with Crippen LogP contribution < -0.4 is 5.32 Å². The summed E-state index contributed by atoms with van der Waals surface area (Å²) >= 11 is 0. The summed E-state index contributed by atoms with van der Waals surface area (Å²) in [6.07, 6.45) is 0.727. The largest absolute Gasteiger partial charge is 0.444 e. The number of hydrogen-bond acceptors (Lipinski definition) is 5. The van der Waals surface area contributed by atoms with Crippen molar-refractivity contribution in [3.8, 4) is 0 Å². The van der Waals surface area contributed by atoms with Crippen LogP contribution in [0.2, 0.25) is 0 Å². The molecule has 0 radical (unpaired) electrons. The van der Waals surface area contributed by atoms with Gasteiger partial charge in [-0.25, -0.2) is 4.79 Å². The van der Waals surface area contributed by atoms with Crippen molar-refractivity contribution in [1.82, 2.24) is 9.88 Å². The fourth-order valence-electron chi connectivity index (χ4n) is 2.78. The van der Waals surface area contributed by atoms with Gasteiger partial charge < -0.3 is 20.1 Å². The standard InChI is InChI=1S/C18H23N3O3/c1-18(2,3)24-17(23)21-10-15(16(22)11-21)20-13-6-7-14-12(9-13)5-4-8-19-14/h4-9,15-16,20,22H,10-11H2,1-3H3. The van der Waals surface area contributed by atoms with E-state index in [0.29, 0.717) is 6.54 Å². The molecule has 1 fully saturated rings. The molecule has 2 N–H and O–H groups in total. The number of carbonyl (C=O) groups excluding carboxylic acids is 1. The highest BCUT2D eigenvalue weighted by atomic mass is 16.6. The van der Waals surface area contributed by atoms with Crippen LogP contribution in [0.4, 0.5) is 10.5 Å². The van der Waals surface area contributed by atoms with Crippen molar-refractivity contribution in [3.05, 3.63) is 36.5 Å².